The number of fused-ring (bicyclic) bond motifs is 1. The Morgan fingerprint density at radius 3 is 3.08 bits per heavy atom. The average Bonchev–Trinajstić information content (AvgIpc) is 2.73. The minimum atomic E-state index is -0.293. The van der Waals surface area contributed by atoms with E-state index < -0.39 is 0 Å². The lowest BCUT2D eigenvalue weighted by Crippen LogP contribution is -2.02. The normalized spacial score (nSPS) is 23.2. The molecule has 1 saturated carbocycles. The summed E-state index contributed by atoms with van der Waals surface area (Å²) in [5.74, 6) is 0.496. The van der Waals surface area contributed by atoms with Crippen molar-refractivity contribution in [1.29, 1.82) is 0 Å². The second kappa shape index (κ2) is 2.58. The lowest BCUT2D eigenvalue weighted by atomic mass is 10.1. The highest BCUT2D eigenvalue weighted by Gasteiger charge is 2.33. The molecule has 3 rings (SSSR count). The van der Waals surface area contributed by atoms with Crippen LogP contribution in [0.2, 0.25) is 0 Å². The van der Waals surface area contributed by atoms with Crippen LogP contribution in [0.3, 0.4) is 0 Å². The molecular weight excluding hydrogens is 164 g/mol. The van der Waals surface area contributed by atoms with Crippen molar-refractivity contribution < 1.29 is 5.11 Å². The highest BCUT2D eigenvalue weighted by molar-refractivity contribution is 5.16. The Kier molecular flexibility index (Phi) is 1.50. The fourth-order valence-corrected chi connectivity index (χ4v) is 2.08. The number of hydrogen-bond acceptors (Lipinski definition) is 2. The van der Waals surface area contributed by atoms with Crippen molar-refractivity contribution in [2.24, 2.45) is 5.92 Å². The maximum Gasteiger partial charge on any atom is 0.101 e. The Balaban J connectivity index is 1.88. The number of aryl methyl sites for hydroxylation is 2. The molecule has 2 aliphatic rings. The molecule has 0 saturated heterocycles. The maximum absolute atomic E-state index is 9.84. The Bertz CT molecular complexity index is 306. The van der Waals surface area contributed by atoms with Gasteiger partial charge in [-0.3, -0.25) is 4.68 Å². The lowest BCUT2D eigenvalue weighted by molar-refractivity contribution is 0.148. The van der Waals surface area contributed by atoms with E-state index in [1.807, 2.05) is 4.68 Å². The summed E-state index contributed by atoms with van der Waals surface area (Å²) in [5.41, 5.74) is 2.20. The zero-order valence-corrected chi connectivity index (χ0v) is 7.61. The quantitative estimate of drug-likeness (QED) is 0.740. The van der Waals surface area contributed by atoms with E-state index in [1.54, 1.807) is 0 Å². The van der Waals surface area contributed by atoms with Gasteiger partial charge in [0.15, 0.2) is 0 Å². The first kappa shape index (κ1) is 7.56. The van der Waals surface area contributed by atoms with Gasteiger partial charge >= 0.3 is 0 Å². The van der Waals surface area contributed by atoms with Crippen LogP contribution in [0, 0.1) is 5.92 Å². The summed E-state index contributed by atoms with van der Waals surface area (Å²) < 4.78 is 2.04. The van der Waals surface area contributed by atoms with Crippen molar-refractivity contribution in [2.75, 3.05) is 0 Å². The second-order valence-electron chi connectivity index (χ2n) is 4.17. The molecule has 0 amide bonds. The zero-order chi connectivity index (χ0) is 8.84. The van der Waals surface area contributed by atoms with Crippen LogP contribution in [0.5, 0.6) is 0 Å². The minimum Gasteiger partial charge on any atom is -0.386 e. The number of hydrogen-bond donors (Lipinski definition) is 1. The van der Waals surface area contributed by atoms with Crippen LogP contribution in [0.4, 0.5) is 0 Å². The van der Waals surface area contributed by atoms with E-state index in [0.717, 1.165) is 18.7 Å². The third kappa shape index (κ3) is 1.18. The standard InChI is InChI=1S/C10H14N2O/c13-10(7-3-4-7)9-6-8-2-1-5-12(8)11-9/h6-7,10,13H,1-5H2/t10-/m1/s1. The van der Waals surface area contributed by atoms with E-state index in [0.29, 0.717) is 5.92 Å². The number of aromatic nitrogens is 2. The summed E-state index contributed by atoms with van der Waals surface area (Å²) in [6.45, 7) is 1.03. The molecule has 1 fully saturated rings. The van der Waals surface area contributed by atoms with E-state index in [9.17, 15) is 5.11 Å². The van der Waals surface area contributed by atoms with E-state index >= 15 is 0 Å². The van der Waals surface area contributed by atoms with Gasteiger partial charge in [-0.25, -0.2) is 0 Å². The van der Waals surface area contributed by atoms with Crippen molar-refractivity contribution in [1.82, 2.24) is 9.78 Å². The van der Waals surface area contributed by atoms with Crippen LogP contribution >= 0.6 is 0 Å². The number of aliphatic hydroxyl groups excluding tert-OH is 1. The summed E-state index contributed by atoms with van der Waals surface area (Å²) in [5, 5.41) is 14.3. The van der Waals surface area contributed by atoms with Crippen LogP contribution < -0.4 is 0 Å². The SMILES string of the molecule is O[C@@H](c1cc2n(n1)CCC2)C1CC1. The molecular formula is C10H14N2O. The molecule has 1 atom stereocenters. The van der Waals surface area contributed by atoms with Crippen molar-refractivity contribution in [3.05, 3.63) is 17.5 Å². The highest BCUT2D eigenvalue weighted by Crippen LogP contribution is 2.40. The Labute approximate surface area is 77.4 Å². The first-order valence-corrected chi connectivity index (χ1v) is 5.09. The molecule has 3 heteroatoms. The second-order valence-corrected chi connectivity index (χ2v) is 4.17. The molecule has 0 bridgehead atoms. The Hall–Kier alpha value is -0.830. The predicted molar refractivity (Wildman–Crippen MR) is 48.2 cm³/mol. The lowest BCUT2D eigenvalue weighted by Gasteiger charge is -2.04. The van der Waals surface area contributed by atoms with E-state index in [1.165, 1.54) is 25.0 Å². The number of rotatable bonds is 2. The van der Waals surface area contributed by atoms with Gasteiger partial charge in [-0.05, 0) is 37.7 Å². The number of aliphatic hydroxyl groups is 1. The summed E-state index contributed by atoms with van der Waals surface area (Å²) >= 11 is 0. The molecule has 0 aromatic carbocycles. The van der Waals surface area contributed by atoms with Gasteiger partial charge in [-0.1, -0.05) is 0 Å². The zero-order valence-electron chi connectivity index (χ0n) is 7.61. The fraction of sp³-hybridized carbons (Fsp3) is 0.700. The van der Waals surface area contributed by atoms with Gasteiger partial charge in [-0.2, -0.15) is 5.10 Å². The van der Waals surface area contributed by atoms with Crippen molar-refractivity contribution in [3.63, 3.8) is 0 Å². The molecule has 2 heterocycles. The van der Waals surface area contributed by atoms with Crippen molar-refractivity contribution in [3.8, 4) is 0 Å². The van der Waals surface area contributed by atoms with Crippen molar-refractivity contribution in [2.45, 2.75) is 38.3 Å². The maximum atomic E-state index is 9.84. The molecule has 0 unspecified atom stereocenters. The topological polar surface area (TPSA) is 38.0 Å². The summed E-state index contributed by atoms with van der Waals surface area (Å²) in [6.07, 6.45) is 4.39. The Morgan fingerprint density at radius 1 is 1.54 bits per heavy atom. The van der Waals surface area contributed by atoms with Gasteiger partial charge in [0.25, 0.3) is 0 Å². The fourth-order valence-electron chi connectivity index (χ4n) is 2.08. The van der Waals surface area contributed by atoms with Crippen LogP contribution in [-0.2, 0) is 13.0 Å². The minimum absolute atomic E-state index is 0.293. The molecule has 13 heavy (non-hydrogen) atoms. The van der Waals surface area contributed by atoms with Gasteiger partial charge < -0.3 is 5.11 Å². The summed E-state index contributed by atoms with van der Waals surface area (Å²) in [4.78, 5) is 0. The van der Waals surface area contributed by atoms with Gasteiger partial charge in [0.2, 0.25) is 0 Å². The molecule has 1 aromatic rings. The average molecular weight is 178 g/mol. The predicted octanol–water partition coefficient (Wildman–Crippen LogP) is 1.27. The smallest absolute Gasteiger partial charge is 0.101 e. The first-order chi connectivity index (χ1) is 6.34. The van der Waals surface area contributed by atoms with Gasteiger partial charge in [0.1, 0.15) is 6.10 Å². The molecule has 1 N–H and O–H groups in total. The Morgan fingerprint density at radius 2 is 2.38 bits per heavy atom. The third-order valence-corrected chi connectivity index (χ3v) is 3.06. The van der Waals surface area contributed by atoms with Crippen LogP contribution in [-0.4, -0.2) is 14.9 Å². The molecule has 0 radical (unpaired) electrons. The van der Waals surface area contributed by atoms with E-state index in [2.05, 4.69) is 11.2 Å². The highest BCUT2D eigenvalue weighted by atomic mass is 16.3. The molecule has 70 valence electrons. The number of nitrogens with zero attached hydrogens (tertiary/aromatic N) is 2. The van der Waals surface area contributed by atoms with Gasteiger partial charge in [-0.15, -0.1) is 0 Å². The molecule has 1 aromatic heterocycles. The monoisotopic (exact) mass is 178 g/mol. The molecule has 0 spiro atoms. The van der Waals surface area contributed by atoms with Crippen LogP contribution in [0.15, 0.2) is 6.07 Å². The van der Waals surface area contributed by atoms with Crippen molar-refractivity contribution >= 4 is 0 Å². The molecule has 3 nitrogen and oxygen atoms in total. The third-order valence-electron chi connectivity index (χ3n) is 3.06. The van der Waals surface area contributed by atoms with E-state index in [4.69, 9.17) is 0 Å². The van der Waals surface area contributed by atoms with E-state index in [-0.39, 0.29) is 6.10 Å². The molecule has 1 aliphatic carbocycles. The summed E-state index contributed by atoms with van der Waals surface area (Å²) in [7, 11) is 0. The summed E-state index contributed by atoms with van der Waals surface area (Å²) in [6, 6.07) is 2.08. The van der Waals surface area contributed by atoms with Crippen LogP contribution in [0.25, 0.3) is 0 Å². The van der Waals surface area contributed by atoms with Gasteiger partial charge in [0, 0.05) is 12.2 Å². The van der Waals surface area contributed by atoms with Crippen LogP contribution in [0.1, 0.15) is 36.8 Å². The largest absolute Gasteiger partial charge is 0.386 e. The first-order valence-electron chi connectivity index (χ1n) is 5.09. The van der Waals surface area contributed by atoms with Gasteiger partial charge in [0.05, 0.1) is 5.69 Å². The molecule has 1 aliphatic heterocycles.